The number of benzene rings is 2. The summed E-state index contributed by atoms with van der Waals surface area (Å²) in [7, 11) is 1.65. The van der Waals surface area contributed by atoms with Gasteiger partial charge < -0.3 is 15.2 Å². The van der Waals surface area contributed by atoms with Crippen molar-refractivity contribution in [2.75, 3.05) is 7.11 Å². The van der Waals surface area contributed by atoms with Gasteiger partial charge in [-0.1, -0.05) is 48.5 Å². The molecule has 22 heavy (non-hydrogen) atoms. The van der Waals surface area contributed by atoms with Crippen molar-refractivity contribution in [3.63, 3.8) is 0 Å². The van der Waals surface area contributed by atoms with Gasteiger partial charge in [-0.25, -0.2) is 0 Å². The Balaban J connectivity index is 1.63. The van der Waals surface area contributed by atoms with Crippen molar-refractivity contribution >= 4 is 5.91 Å². The molecule has 2 aromatic rings. The van der Waals surface area contributed by atoms with E-state index in [2.05, 4.69) is 5.32 Å². The molecule has 1 amide bonds. The number of hydrogen-bond donors (Lipinski definition) is 2. The monoisotopic (exact) mass is 297 g/mol. The fraction of sp³-hybridized carbons (Fsp3) is 0.278. The van der Waals surface area contributed by atoms with E-state index < -0.39 is 6.10 Å². The van der Waals surface area contributed by atoms with Crippen molar-refractivity contribution in [1.29, 1.82) is 0 Å². The Morgan fingerprint density at radius 2 is 1.86 bits per heavy atom. The quantitative estimate of drug-likeness (QED) is 0.891. The number of rotatable bonds is 5. The van der Waals surface area contributed by atoms with E-state index in [1.54, 1.807) is 31.4 Å². The molecule has 2 N–H and O–H groups in total. The first kappa shape index (κ1) is 14.6. The molecule has 0 radical (unpaired) electrons. The average molecular weight is 297 g/mol. The van der Waals surface area contributed by atoms with Crippen LogP contribution in [0.1, 0.15) is 29.6 Å². The van der Waals surface area contributed by atoms with Gasteiger partial charge in [-0.2, -0.15) is 0 Å². The van der Waals surface area contributed by atoms with Gasteiger partial charge in [0.25, 0.3) is 5.91 Å². The lowest BCUT2D eigenvalue weighted by Crippen LogP contribution is -2.31. The molecule has 2 aromatic carbocycles. The van der Waals surface area contributed by atoms with Crippen LogP contribution in [-0.4, -0.2) is 24.2 Å². The van der Waals surface area contributed by atoms with Crippen LogP contribution in [0.15, 0.2) is 54.6 Å². The van der Waals surface area contributed by atoms with E-state index in [4.69, 9.17) is 4.74 Å². The number of aliphatic hydroxyl groups excluding tert-OH is 1. The highest BCUT2D eigenvalue weighted by molar-refractivity contribution is 5.82. The molecular formula is C18H19NO3. The smallest absolute Gasteiger partial charge is 0.253 e. The highest BCUT2D eigenvalue weighted by atomic mass is 16.5. The minimum atomic E-state index is -1.12. The second kappa shape index (κ2) is 6.20. The third-order valence-electron chi connectivity index (χ3n) is 4.02. The van der Waals surface area contributed by atoms with Gasteiger partial charge in [0, 0.05) is 12.0 Å². The lowest BCUT2D eigenvalue weighted by atomic mass is 10.1. The Hall–Kier alpha value is -2.33. The summed E-state index contributed by atoms with van der Waals surface area (Å²) in [4.78, 5) is 12.1. The van der Waals surface area contributed by atoms with Gasteiger partial charge in [-0.3, -0.25) is 4.79 Å². The Kier molecular flexibility index (Phi) is 4.11. The van der Waals surface area contributed by atoms with Gasteiger partial charge in [0.15, 0.2) is 6.10 Å². The van der Waals surface area contributed by atoms with Gasteiger partial charge in [-0.05, 0) is 23.6 Å². The Morgan fingerprint density at radius 1 is 1.18 bits per heavy atom. The van der Waals surface area contributed by atoms with E-state index >= 15 is 0 Å². The van der Waals surface area contributed by atoms with Crippen LogP contribution in [0.3, 0.4) is 0 Å². The third-order valence-corrected chi connectivity index (χ3v) is 4.02. The van der Waals surface area contributed by atoms with Crippen LogP contribution in [0.2, 0.25) is 0 Å². The molecule has 3 atom stereocenters. The zero-order valence-corrected chi connectivity index (χ0v) is 12.4. The summed E-state index contributed by atoms with van der Waals surface area (Å²) in [5.74, 6) is 0.740. The fourth-order valence-corrected chi connectivity index (χ4v) is 2.72. The van der Waals surface area contributed by atoms with Crippen molar-refractivity contribution in [1.82, 2.24) is 5.32 Å². The van der Waals surface area contributed by atoms with Crippen molar-refractivity contribution in [2.45, 2.75) is 24.5 Å². The summed E-state index contributed by atoms with van der Waals surface area (Å²) in [5, 5.41) is 13.0. The number of amides is 1. The van der Waals surface area contributed by atoms with Crippen LogP contribution < -0.4 is 10.1 Å². The maximum atomic E-state index is 12.1. The van der Waals surface area contributed by atoms with E-state index in [0.717, 1.165) is 17.7 Å². The molecule has 1 saturated carbocycles. The summed E-state index contributed by atoms with van der Waals surface area (Å²) in [6.07, 6.45) is -0.256. The van der Waals surface area contributed by atoms with Gasteiger partial charge in [0.05, 0.1) is 7.11 Å². The lowest BCUT2D eigenvalue weighted by molar-refractivity contribution is -0.129. The number of ether oxygens (including phenoxy) is 1. The summed E-state index contributed by atoms with van der Waals surface area (Å²) in [6, 6.07) is 16.8. The highest BCUT2D eigenvalue weighted by Gasteiger charge is 2.41. The molecule has 0 aromatic heterocycles. The Bertz CT molecular complexity index is 656. The molecule has 1 fully saturated rings. The average Bonchev–Trinajstić information content (AvgIpc) is 3.33. The molecule has 1 aliphatic rings. The van der Waals surface area contributed by atoms with Crippen molar-refractivity contribution in [3.05, 3.63) is 65.7 Å². The molecule has 4 nitrogen and oxygen atoms in total. The molecule has 0 aliphatic heterocycles. The molecule has 0 heterocycles. The molecule has 0 bridgehead atoms. The van der Waals surface area contributed by atoms with Crippen LogP contribution in [0, 0.1) is 0 Å². The maximum Gasteiger partial charge on any atom is 0.253 e. The molecule has 1 aliphatic carbocycles. The van der Waals surface area contributed by atoms with E-state index in [9.17, 15) is 9.90 Å². The predicted octanol–water partition coefficient (Wildman–Crippen LogP) is 2.40. The zero-order chi connectivity index (χ0) is 15.5. The molecule has 0 spiro atoms. The summed E-state index contributed by atoms with van der Waals surface area (Å²) < 4.78 is 5.35. The van der Waals surface area contributed by atoms with E-state index in [0.29, 0.717) is 5.56 Å². The summed E-state index contributed by atoms with van der Waals surface area (Å²) >= 11 is 0. The maximum absolute atomic E-state index is 12.1. The van der Waals surface area contributed by atoms with Crippen LogP contribution in [0.4, 0.5) is 0 Å². The van der Waals surface area contributed by atoms with E-state index in [1.807, 2.05) is 30.3 Å². The molecule has 114 valence electrons. The number of carbonyl (C=O) groups excluding carboxylic acids is 1. The van der Waals surface area contributed by atoms with Gasteiger partial charge in [-0.15, -0.1) is 0 Å². The number of nitrogens with one attached hydrogen (secondary N) is 1. The highest BCUT2D eigenvalue weighted by Crippen LogP contribution is 2.44. The van der Waals surface area contributed by atoms with Crippen LogP contribution >= 0.6 is 0 Å². The van der Waals surface area contributed by atoms with Crippen molar-refractivity contribution in [3.8, 4) is 5.75 Å². The minimum Gasteiger partial charge on any atom is -0.496 e. The fourth-order valence-electron chi connectivity index (χ4n) is 2.72. The largest absolute Gasteiger partial charge is 0.496 e. The Labute approximate surface area is 129 Å². The molecule has 4 heteroatoms. The molecule has 1 unspecified atom stereocenters. The zero-order valence-electron chi connectivity index (χ0n) is 12.4. The predicted molar refractivity (Wildman–Crippen MR) is 83.7 cm³/mol. The normalized spacial score (nSPS) is 21.0. The van der Waals surface area contributed by atoms with Gasteiger partial charge in [0.1, 0.15) is 5.75 Å². The Morgan fingerprint density at radius 3 is 2.59 bits per heavy atom. The van der Waals surface area contributed by atoms with E-state index in [-0.39, 0.29) is 17.9 Å². The number of methoxy groups -OCH3 is 1. The number of hydrogen-bond acceptors (Lipinski definition) is 3. The number of para-hydroxylation sites is 1. The standard InChI is InChI=1S/C18H19NO3/c1-22-16-10-6-5-9-13(16)14-11-15(14)19-18(21)17(20)12-7-3-2-4-8-12/h2-10,14-15,17,20H,11H2,1H3,(H,19,21)/t14-,15+,17?/m0/s1. The van der Waals surface area contributed by atoms with Crippen molar-refractivity contribution < 1.29 is 14.6 Å². The van der Waals surface area contributed by atoms with Crippen LogP contribution in [-0.2, 0) is 4.79 Å². The third kappa shape index (κ3) is 2.97. The summed E-state index contributed by atoms with van der Waals surface area (Å²) in [5.41, 5.74) is 1.71. The number of carbonyl (C=O) groups is 1. The van der Waals surface area contributed by atoms with Crippen LogP contribution in [0.5, 0.6) is 5.75 Å². The first-order valence-electron chi connectivity index (χ1n) is 7.37. The minimum absolute atomic E-state index is 0.0576. The van der Waals surface area contributed by atoms with E-state index in [1.165, 1.54) is 0 Å². The first-order chi connectivity index (χ1) is 10.7. The van der Waals surface area contributed by atoms with Crippen molar-refractivity contribution in [2.24, 2.45) is 0 Å². The summed E-state index contributed by atoms with van der Waals surface area (Å²) in [6.45, 7) is 0. The topological polar surface area (TPSA) is 58.6 Å². The van der Waals surface area contributed by atoms with Gasteiger partial charge in [0.2, 0.25) is 0 Å². The second-order valence-electron chi connectivity index (χ2n) is 5.51. The molecule has 3 rings (SSSR count). The van der Waals surface area contributed by atoms with Crippen LogP contribution in [0.25, 0.3) is 0 Å². The molecule has 0 saturated heterocycles. The first-order valence-corrected chi connectivity index (χ1v) is 7.37. The van der Waals surface area contributed by atoms with Gasteiger partial charge >= 0.3 is 0 Å². The second-order valence-corrected chi connectivity index (χ2v) is 5.51. The SMILES string of the molecule is COc1ccccc1[C@@H]1C[C@H]1NC(=O)C(O)c1ccccc1. The lowest BCUT2D eigenvalue weighted by Gasteiger charge is -2.12. The number of aliphatic hydroxyl groups is 1. The molecular weight excluding hydrogens is 278 g/mol.